The maximum Gasteiger partial charge on any atom is 0.244 e. The standard InChI is InChI=1S/C12H18ClN3O2S/c1-2-5-14-12-11(13)8-10(9-15-12)19(17,18)16-6-3-4-7-16/h8-9H,2-7H2,1H3,(H,14,15). The van der Waals surface area contributed by atoms with Gasteiger partial charge in [-0.05, 0) is 25.3 Å². The number of hydrogen-bond acceptors (Lipinski definition) is 4. The summed E-state index contributed by atoms with van der Waals surface area (Å²) >= 11 is 6.07. The molecular weight excluding hydrogens is 286 g/mol. The molecule has 106 valence electrons. The van der Waals surface area contributed by atoms with Gasteiger partial charge in [0.05, 0.1) is 5.02 Å². The molecule has 0 atom stereocenters. The van der Waals surface area contributed by atoms with Crippen LogP contribution in [0.25, 0.3) is 0 Å². The predicted octanol–water partition coefficient (Wildman–Crippen LogP) is 2.34. The third-order valence-corrected chi connectivity index (χ3v) is 5.21. The summed E-state index contributed by atoms with van der Waals surface area (Å²) in [4.78, 5) is 4.27. The number of sulfonamides is 1. The lowest BCUT2D eigenvalue weighted by Crippen LogP contribution is -2.28. The summed E-state index contributed by atoms with van der Waals surface area (Å²) in [6.07, 6.45) is 4.15. The van der Waals surface area contributed by atoms with E-state index in [2.05, 4.69) is 10.3 Å². The Morgan fingerprint density at radius 1 is 1.42 bits per heavy atom. The van der Waals surface area contributed by atoms with Crippen LogP contribution in [-0.4, -0.2) is 37.3 Å². The molecule has 0 unspecified atom stereocenters. The van der Waals surface area contributed by atoms with Crippen molar-refractivity contribution in [2.45, 2.75) is 31.1 Å². The monoisotopic (exact) mass is 303 g/mol. The second kappa shape index (κ2) is 6.07. The van der Waals surface area contributed by atoms with E-state index < -0.39 is 10.0 Å². The molecule has 0 aromatic carbocycles. The summed E-state index contributed by atoms with van der Waals surface area (Å²) in [7, 11) is -3.44. The van der Waals surface area contributed by atoms with Crippen LogP contribution in [0, 0.1) is 0 Å². The van der Waals surface area contributed by atoms with Crippen molar-refractivity contribution in [2.75, 3.05) is 25.0 Å². The number of pyridine rings is 1. The zero-order chi connectivity index (χ0) is 13.9. The summed E-state index contributed by atoms with van der Waals surface area (Å²) in [5.74, 6) is 0.531. The molecule has 0 amide bonds. The average molecular weight is 304 g/mol. The molecule has 2 rings (SSSR count). The molecule has 19 heavy (non-hydrogen) atoms. The summed E-state index contributed by atoms with van der Waals surface area (Å²) < 4.78 is 26.1. The highest BCUT2D eigenvalue weighted by Crippen LogP contribution is 2.26. The van der Waals surface area contributed by atoms with E-state index in [0.717, 1.165) is 25.8 Å². The maximum atomic E-state index is 12.3. The first-order valence-electron chi connectivity index (χ1n) is 6.45. The quantitative estimate of drug-likeness (QED) is 0.907. The molecule has 2 heterocycles. The minimum atomic E-state index is -3.44. The van der Waals surface area contributed by atoms with Crippen molar-refractivity contribution in [3.05, 3.63) is 17.3 Å². The van der Waals surface area contributed by atoms with Crippen molar-refractivity contribution in [3.63, 3.8) is 0 Å². The largest absolute Gasteiger partial charge is 0.369 e. The Hall–Kier alpha value is -0.850. The number of nitrogens with one attached hydrogen (secondary N) is 1. The predicted molar refractivity (Wildman–Crippen MR) is 76.0 cm³/mol. The van der Waals surface area contributed by atoms with Gasteiger partial charge >= 0.3 is 0 Å². The molecule has 0 radical (unpaired) electrons. The summed E-state index contributed by atoms with van der Waals surface area (Å²) in [5, 5.41) is 3.40. The van der Waals surface area contributed by atoms with Gasteiger partial charge in [-0.15, -0.1) is 0 Å². The zero-order valence-corrected chi connectivity index (χ0v) is 12.5. The van der Waals surface area contributed by atoms with Crippen LogP contribution < -0.4 is 5.32 Å². The van der Waals surface area contributed by atoms with Crippen LogP contribution in [0.5, 0.6) is 0 Å². The van der Waals surface area contributed by atoms with E-state index in [9.17, 15) is 8.42 Å². The van der Waals surface area contributed by atoms with Gasteiger partial charge in [-0.1, -0.05) is 18.5 Å². The van der Waals surface area contributed by atoms with Crippen LogP contribution in [0.15, 0.2) is 17.2 Å². The first kappa shape index (κ1) is 14.6. The van der Waals surface area contributed by atoms with Gasteiger partial charge in [0.2, 0.25) is 10.0 Å². The fourth-order valence-electron chi connectivity index (χ4n) is 2.01. The molecule has 1 fully saturated rings. The Bertz CT molecular complexity index is 542. The van der Waals surface area contributed by atoms with Gasteiger partial charge in [-0.2, -0.15) is 4.31 Å². The third-order valence-electron chi connectivity index (χ3n) is 3.06. The van der Waals surface area contributed by atoms with Gasteiger partial charge in [-0.3, -0.25) is 0 Å². The van der Waals surface area contributed by atoms with E-state index in [1.165, 1.54) is 16.6 Å². The highest BCUT2D eigenvalue weighted by Gasteiger charge is 2.27. The second-order valence-corrected chi connectivity index (χ2v) is 6.88. The van der Waals surface area contributed by atoms with Crippen molar-refractivity contribution in [2.24, 2.45) is 0 Å². The van der Waals surface area contributed by atoms with Crippen LogP contribution in [0.4, 0.5) is 5.82 Å². The minimum absolute atomic E-state index is 0.168. The van der Waals surface area contributed by atoms with Gasteiger partial charge in [0, 0.05) is 25.8 Å². The Kier molecular flexibility index (Phi) is 4.65. The molecule has 1 aromatic rings. The Morgan fingerprint density at radius 3 is 2.68 bits per heavy atom. The van der Waals surface area contributed by atoms with Gasteiger partial charge in [0.25, 0.3) is 0 Å². The van der Waals surface area contributed by atoms with Gasteiger partial charge in [-0.25, -0.2) is 13.4 Å². The molecule has 1 saturated heterocycles. The lowest BCUT2D eigenvalue weighted by Gasteiger charge is -2.16. The normalized spacial score (nSPS) is 16.7. The van der Waals surface area contributed by atoms with E-state index >= 15 is 0 Å². The van der Waals surface area contributed by atoms with E-state index in [4.69, 9.17) is 11.6 Å². The number of hydrogen-bond donors (Lipinski definition) is 1. The summed E-state index contributed by atoms with van der Waals surface area (Å²) in [5.41, 5.74) is 0. The van der Waals surface area contributed by atoms with Crippen molar-refractivity contribution >= 4 is 27.4 Å². The first-order chi connectivity index (χ1) is 9.05. The molecular formula is C12H18ClN3O2S. The smallest absolute Gasteiger partial charge is 0.244 e. The van der Waals surface area contributed by atoms with E-state index in [1.807, 2.05) is 6.92 Å². The van der Waals surface area contributed by atoms with Crippen molar-refractivity contribution in [1.82, 2.24) is 9.29 Å². The van der Waals surface area contributed by atoms with Crippen LogP contribution in [0.3, 0.4) is 0 Å². The van der Waals surface area contributed by atoms with Gasteiger partial charge < -0.3 is 5.32 Å². The van der Waals surface area contributed by atoms with Gasteiger partial charge in [0.15, 0.2) is 0 Å². The number of halogens is 1. The van der Waals surface area contributed by atoms with Crippen molar-refractivity contribution < 1.29 is 8.42 Å². The molecule has 1 aliphatic rings. The molecule has 0 saturated carbocycles. The molecule has 1 aromatic heterocycles. The van der Waals surface area contributed by atoms with E-state index in [-0.39, 0.29) is 4.90 Å². The third kappa shape index (κ3) is 3.19. The highest BCUT2D eigenvalue weighted by atomic mass is 35.5. The van der Waals surface area contributed by atoms with Crippen LogP contribution >= 0.6 is 11.6 Å². The average Bonchev–Trinajstić information content (AvgIpc) is 2.91. The van der Waals surface area contributed by atoms with Crippen molar-refractivity contribution in [3.8, 4) is 0 Å². The molecule has 5 nitrogen and oxygen atoms in total. The van der Waals surface area contributed by atoms with Crippen LogP contribution in [0.2, 0.25) is 5.02 Å². The fourth-order valence-corrected chi connectivity index (χ4v) is 3.80. The maximum absolute atomic E-state index is 12.3. The topological polar surface area (TPSA) is 62.3 Å². The SMILES string of the molecule is CCCNc1ncc(S(=O)(=O)N2CCCC2)cc1Cl. The molecule has 0 spiro atoms. The van der Waals surface area contributed by atoms with Crippen molar-refractivity contribution in [1.29, 1.82) is 0 Å². The molecule has 7 heteroatoms. The van der Waals surface area contributed by atoms with Crippen LogP contribution in [0.1, 0.15) is 26.2 Å². The highest BCUT2D eigenvalue weighted by molar-refractivity contribution is 7.89. The molecule has 1 aliphatic heterocycles. The Morgan fingerprint density at radius 2 is 2.11 bits per heavy atom. The lowest BCUT2D eigenvalue weighted by atomic mass is 10.4. The molecule has 1 N–H and O–H groups in total. The van der Waals surface area contributed by atoms with Crippen LogP contribution in [-0.2, 0) is 10.0 Å². The first-order valence-corrected chi connectivity index (χ1v) is 8.27. The molecule has 0 aliphatic carbocycles. The number of nitrogens with zero attached hydrogens (tertiary/aromatic N) is 2. The fraction of sp³-hybridized carbons (Fsp3) is 0.583. The van der Waals surface area contributed by atoms with E-state index in [1.54, 1.807) is 0 Å². The van der Waals surface area contributed by atoms with E-state index in [0.29, 0.717) is 23.9 Å². The summed E-state index contributed by atoms with van der Waals surface area (Å²) in [6.45, 7) is 3.95. The number of anilines is 1. The Balaban J connectivity index is 2.23. The number of rotatable bonds is 5. The number of aromatic nitrogens is 1. The minimum Gasteiger partial charge on any atom is -0.369 e. The lowest BCUT2D eigenvalue weighted by molar-refractivity contribution is 0.477. The molecule has 0 bridgehead atoms. The summed E-state index contributed by atoms with van der Waals surface area (Å²) in [6, 6.07) is 1.47. The van der Waals surface area contributed by atoms with Gasteiger partial charge in [0.1, 0.15) is 10.7 Å². The second-order valence-electron chi connectivity index (χ2n) is 4.54. The Labute approximate surface area is 119 Å². The zero-order valence-electron chi connectivity index (χ0n) is 10.9.